The van der Waals surface area contributed by atoms with Crippen molar-refractivity contribution in [3.8, 4) is 5.69 Å². The van der Waals surface area contributed by atoms with Gasteiger partial charge in [-0.1, -0.05) is 36.1 Å². The van der Waals surface area contributed by atoms with Crippen molar-refractivity contribution in [3.05, 3.63) is 30.3 Å². The summed E-state index contributed by atoms with van der Waals surface area (Å²) in [4.78, 5) is 2.34. The number of nitrogens with two attached hydrogens (primary N) is 1. The standard InChI is InChI=1S/C15H22N6/c16-11-6-12-20(13-7-4-5-8-13)15-17-18-19-21(15)14-9-2-1-3-10-14/h1-3,9-10,13H,4-8,11-12,16H2. The summed E-state index contributed by atoms with van der Waals surface area (Å²) >= 11 is 0. The molecular formula is C15H22N6. The molecule has 0 amide bonds. The molecule has 3 rings (SSSR count). The molecule has 0 aliphatic heterocycles. The van der Waals surface area contributed by atoms with Crippen LogP contribution in [0.3, 0.4) is 0 Å². The fourth-order valence-corrected chi connectivity index (χ4v) is 3.02. The maximum Gasteiger partial charge on any atom is 0.250 e. The van der Waals surface area contributed by atoms with Crippen LogP contribution in [0.15, 0.2) is 30.3 Å². The number of hydrogen-bond acceptors (Lipinski definition) is 5. The van der Waals surface area contributed by atoms with Gasteiger partial charge in [0, 0.05) is 12.6 Å². The Balaban J connectivity index is 1.90. The van der Waals surface area contributed by atoms with Gasteiger partial charge < -0.3 is 10.6 Å². The molecular weight excluding hydrogens is 264 g/mol. The minimum atomic E-state index is 0.532. The van der Waals surface area contributed by atoms with E-state index in [1.807, 2.05) is 35.0 Å². The largest absolute Gasteiger partial charge is 0.336 e. The van der Waals surface area contributed by atoms with Crippen molar-refractivity contribution in [2.45, 2.75) is 38.1 Å². The van der Waals surface area contributed by atoms with Crippen LogP contribution >= 0.6 is 0 Å². The minimum absolute atomic E-state index is 0.532. The van der Waals surface area contributed by atoms with Crippen molar-refractivity contribution in [3.63, 3.8) is 0 Å². The van der Waals surface area contributed by atoms with E-state index >= 15 is 0 Å². The molecule has 1 aromatic carbocycles. The van der Waals surface area contributed by atoms with Gasteiger partial charge in [0.25, 0.3) is 5.95 Å². The van der Waals surface area contributed by atoms with E-state index in [0.717, 1.165) is 24.6 Å². The Morgan fingerprint density at radius 2 is 1.95 bits per heavy atom. The number of nitrogens with zero attached hydrogens (tertiary/aromatic N) is 5. The van der Waals surface area contributed by atoms with Gasteiger partial charge in [0.1, 0.15) is 0 Å². The van der Waals surface area contributed by atoms with Crippen molar-refractivity contribution in [1.82, 2.24) is 20.2 Å². The van der Waals surface area contributed by atoms with E-state index in [-0.39, 0.29) is 0 Å². The Morgan fingerprint density at radius 3 is 2.67 bits per heavy atom. The van der Waals surface area contributed by atoms with Gasteiger partial charge >= 0.3 is 0 Å². The van der Waals surface area contributed by atoms with E-state index in [1.165, 1.54) is 25.7 Å². The van der Waals surface area contributed by atoms with Crippen LogP contribution < -0.4 is 10.6 Å². The molecule has 0 spiro atoms. The highest BCUT2D eigenvalue weighted by molar-refractivity contribution is 5.41. The summed E-state index contributed by atoms with van der Waals surface area (Å²) in [5, 5.41) is 12.3. The zero-order valence-corrected chi connectivity index (χ0v) is 12.2. The van der Waals surface area contributed by atoms with Gasteiger partial charge in [0.05, 0.1) is 5.69 Å². The van der Waals surface area contributed by atoms with Gasteiger partial charge in [0.2, 0.25) is 0 Å². The molecule has 0 unspecified atom stereocenters. The second kappa shape index (κ2) is 6.67. The second-order valence-corrected chi connectivity index (χ2v) is 5.50. The predicted octanol–water partition coefficient (Wildman–Crippen LogP) is 1.76. The van der Waals surface area contributed by atoms with Crippen molar-refractivity contribution >= 4 is 5.95 Å². The summed E-state index contributed by atoms with van der Waals surface area (Å²) in [5.74, 6) is 0.835. The highest BCUT2D eigenvalue weighted by atomic mass is 15.6. The van der Waals surface area contributed by atoms with Crippen LogP contribution in [0.25, 0.3) is 5.69 Å². The van der Waals surface area contributed by atoms with E-state index in [9.17, 15) is 0 Å². The SMILES string of the molecule is NCCCN(c1nnnn1-c1ccccc1)C1CCCC1. The average Bonchev–Trinajstić information content (AvgIpc) is 3.20. The maximum atomic E-state index is 5.69. The normalized spacial score (nSPS) is 15.5. The molecule has 0 saturated heterocycles. The lowest BCUT2D eigenvalue weighted by Gasteiger charge is -2.29. The summed E-state index contributed by atoms with van der Waals surface area (Å²) in [7, 11) is 0. The summed E-state index contributed by atoms with van der Waals surface area (Å²) in [6.07, 6.45) is 5.96. The van der Waals surface area contributed by atoms with Gasteiger partial charge in [-0.2, -0.15) is 4.68 Å². The lowest BCUT2D eigenvalue weighted by Crippen LogP contribution is -2.37. The number of anilines is 1. The molecule has 0 atom stereocenters. The first-order valence-corrected chi connectivity index (χ1v) is 7.70. The van der Waals surface area contributed by atoms with Crippen molar-refractivity contribution in [2.75, 3.05) is 18.0 Å². The fraction of sp³-hybridized carbons (Fsp3) is 0.533. The second-order valence-electron chi connectivity index (χ2n) is 5.50. The van der Waals surface area contributed by atoms with Crippen LogP contribution in [0, 0.1) is 0 Å². The summed E-state index contributed by atoms with van der Waals surface area (Å²) in [6.45, 7) is 1.60. The Hall–Kier alpha value is -1.95. The smallest absolute Gasteiger partial charge is 0.250 e. The molecule has 1 fully saturated rings. The first-order valence-electron chi connectivity index (χ1n) is 7.70. The van der Waals surface area contributed by atoms with Gasteiger partial charge in [-0.15, -0.1) is 0 Å². The average molecular weight is 286 g/mol. The number of hydrogen-bond donors (Lipinski definition) is 1. The molecule has 6 heteroatoms. The third-order valence-corrected chi connectivity index (χ3v) is 4.08. The zero-order chi connectivity index (χ0) is 14.5. The van der Waals surface area contributed by atoms with E-state index in [4.69, 9.17) is 5.73 Å². The van der Waals surface area contributed by atoms with Gasteiger partial charge in [-0.05, 0) is 48.4 Å². The molecule has 0 bridgehead atoms. The van der Waals surface area contributed by atoms with Crippen LogP contribution in [0.4, 0.5) is 5.95 Å². The molecule has 1 aliphatic rings. The van der Waals surface area contributed by atoms with E-state index < -0.39 is 0 Å². The van der Waals surface area contributed by atoms with Crippen molar-refractivity contribution in [1.29, 1.82) is 0 Å². The number of aromatic nitrogens is 4. The van der Waals surface area contributed by atoms with Crippen LogP contribution in [0.5, 0.6) is 0 Å². The summed E-state index contributed by atoms with van der Waals surface area (Å²) < 4.78 is 1.83. The van der Waals surface area contributed by atoms with E-state index in [0.29, 0.717) is 12.6 Å². The van der Waals surface area contributed by atoms with Crippen LogP contribution in [0.2, 0.25) is 0 Å². The van der Waals surface area contributed by atoms with Crippen molar-refractivity contribution in [2.24, 2.45) is 5.73 Å². The zero-order valence-electron chi connectivity index (χ0n) is 12.2. The molecule has 2 N–H and O–H groups in total. The first kappa shape index (κ1) is 14.0. The molecule has 21 heavy (non-hydrogen) atoms. The topological polar surface area (TPSA) is 72.9 Å². The molecule has 6 nitrogen and oxygen atoms in total. The Labute approximate surface area is 124 Å². The molecule has 1 saturated carbocycles. The highest BCUT2D eigenvalue weighted by Gasteiger charge is 2.26. The molecule has 2 aromatic rings. The number of benzene rings is 1. The minimum Gasteiger partial charge on any atom is -0.336 e. The third-order valence-electron chi connectivity index (χ3n) is 4.08. The molecule has 1 aromatic heterocycles. The number of tetrazole rings is 1. The number of rotatable bonds is 6. The Morgan fingerprint density at radius 1 is 1.19 bits per heavy atom. The quantitative estimate of drug-likeness (QED) is 0.876. The maximum absolute atomic E-state index is 5.69. The molecule has 1 heterocycles. The Kier molecular flexibility index (Phi) is 4.45. The van der Waals surface area contributed by atoms with Crippen LogP contribution in [-0.4, -0.2) is 39.3 Å². The van der Waals surface area contributed by atoms with Gasteiger partial charge in [0.15, 0.2) is 0 Å². The summed E-state index contributed by atoms with van der Waals surface area (Å²) in [6, 6.07) is 10.6. The first-order chi connectivity index (χ1) is 10.4. The van der Waals surface area contributed by atoms with E-state index in [2.05, 4.69) is 20.4 Å². The Bertz CT molecular complexity index is 546. The third kappa shape index (κ3) is 3.05. The molecule has 0 radical (unpaired) electrons. The molecule has 112 valence electrons. The van der Waals surface area contributed by atoms with Crippen LogP contribution in [0.1, 0.15) is 32.1 Å². The summed E-state index contributed by atoms with van der Waals surface area (Å²) in [5.41, 5.74) is 6.69. The lowest BCUT2D eigenvalue weighted by molar-refractivity contribution is 0.573. The number of para-hydroxylation sites is 1. The van der Waals surface area contributed by atoms with Gasteiger partial charge in [-0.3, -0.25) is 0 Å². The predicted molar refractivity (Wildman–Crippen MR) is 82.4 cm³/mol. The van der Waals surface area contributed by atoms with Gasteiger partial charge in [-0.25, -0.2) is 0 Å². The van der Waals surface area contributed by atoms with E-state index in [1.54, 1.807) is 0 Å². The monoisotopic (exact) mass is 286 g/mol. The highest BCUT2D eigenvalue weighted by Crippen LogP contribution is 2.27. The van der Waals surface area contributed by atoms with Crippen molar-refractivity contribution < 1.29 is 0 Å². The fourth-order valence-electron chi connectivity index (χ4n) is 3.02. The van der Waals surface area contributed by atoms with Crippen LogP contribution in [-0.2, 0) is 0 Å². The lowest BCUT2D eigenvalue weighted by atomic mass is 10.2. The molecule has 1 aliphatic carbocycles.